The largest absolute Gasteiger partial charge is 0.513 e. The lowest BCUT2D eigenvalue weighted by Crippen LogP contribution is -2.48. The second-order valence-electron chi connectivity index (χ2n) is 5.78. The monoisotopic (exact) mass is 349 g/mol. The third kappa shape index (κ3) is 7.38. The normalized spacial score (nSPS) is 12.4. The van der Waals surface area contributed by atoms with Gasteiger partial charge in [0.2, 0.25) is 5.91 Å². The van der Waals surface area contributed by atoms with Gasteiger partial charge in [0, 0.05) is 0 Å². The molecule has 1 atom stereocenters. The van der Waals surface area contributed by atoms with E-state index in [2.05, 4.69) is 10.6 Å². The number of hydrogen-bond donors (Lipinski definition) is 4. The van der Waals surface area contributed by atoms with Crippen molar-refractivity contribution in [2.45, 2.75) is 32.9 Å². The van der Waals surface area contributed by atoms with Crippen LogP contribution in [-0.2, 0) is 20.9 Å². The molecule has 0 aliphatic rings. The van der Waals surface area contributed by atoms with Gasteiger partial charge >= 0.3 is 6.09 Å². The molecule has 0 unspecified atom stereocenters. The Labute approximate surface area is 146 Å². The van der Waals surface area contributed by atoms with E-state index < -0.39 is 29.6 Å². The van der Waals surface area contributed by atoms with Crippen LogP contribution in [0.15, 0.2) is 42.3 Å². The van der Waals surface area contributed by atoms with Crippen LogP contribution in [0.25, 0.3) is 0 Å². The molecule has 0 heterocycles. The van der Waals surface area contributed by atoms with Crippen LogP contribution in [-0.4, -0.2) is 29.1 Å². The first-order valence-corrected chi connectivity index (χ1v) is 7.75. The van der Waals surface area contributed by atoms with Crippen molar-refractivity contribution in [3.05, 3.63) is 47.9 Å². The van der Waals surface area contributed by atoms with Gasteiger partial charge in [0.25, 0.3) is 5.91 Å². The Balaban J connectivity index is 2.66. The molecule has 136 valence electrons. The summed E-state index contributed by atoms with van der Waals surface area (Å²) < 4.78 is 5.08. The molecule has 5 N–H and O–H groups in total. The number of carbonyl (C=O) groups excluding carboxylic acids is 3. The average molecular weight is 349 g/mol. The minimum Gasteiger partial charge on any atom is -0.513 e. The molecule has 0 radical (unpaired) electrons. The fraction of sp³-hybridized carbons (Fsp3) is 0.353. The van der Waals surface area contributed by atoms with Crippen molar-refractivity contribution in [3.8, 4) is 0 Å². The third-order valence-corrected chi connectivity index (χ3v) is 3.18. The number of alkyl carbamates (subject to hydrolysis) is 1. The van der Waals surface area contributed by atoms with Crippen LogP contribution in [0.4, 0.5) is 4.79 Å². The molecule has 8 nitrogen and oxygen atoms in total. The quantitative estimate of drug-likeness (QED) is 0.415. The summed E-state index contributed by atoms with van der Waals surface area (Å²) in [6.07, 6.45) is -0.0531. The lowest BCUT2D eigenvalue weighted by atomic mass is 10.0. The Bertz CT molecular complexity index is 628. The predicted octanol–water partition coefficient (Wildman–Crippen LogP) is 1.33. The molecule has 0 aromatic heterocycles. The summed E-state index contributed by atoms with van der Waals surface area (Å²) in [5.74, 6) is -1.59. The lowest BCUT2D eigenvalue weighted by molar-refractivity contribution is -0.124. The van der Waals surface area contributed by atoms with Gasteiger partial charge in [-0.15, -0.1) is 0 Å². The Kier molecular flexibility index (Phi) is 7.98. The van der Waals surface area contributed by atoms with E-state index in [1.807, 2.05) is 32.0 Å². The Hall–Kier alpha value is -3.03. The Morgan fingerprint density at radius 3 is 2.40 bits per heavy atom. The smallest absolute Gasteiger partial charge is 0.408 e. The van der Waals surface area contributed by atoms with Crippen molar-refractivity contribution in [3.63, 3.8) is 0 Å². The zero-order valence-electron chi connectivity index (χ0n) is 14.2. The molecule has 1 aromatic carbocycles. The maximum Gasteiger partial charge on any atom is 0.408 e. The Morgan fingerprint density at radius 1 is 1.24 bits per heavy atom. The number of aliphatic hydroxyl groups excluding tert-OH is 1. The fourth-order valence-electron chi connectivity index (χ4n) is 1.99. The van der Waals surface area contributed by atoms with Crippen molar-refractivity contribution in [1.29, 1.82) is 0 Å². The van der Waals surface area contributed by atoms with E-state index in [4.69, 9.17) is 15.6 Å². The summed E-state index contributed by atoms with van der Waals surface area (Å²) in [5, 5.41) is 13.5. The summed E-state index contributed by atoms with van der Waals surface area (Å²) in [6, 6.07) is 8.14. The molecule has 25 heavy (non-hydrogen) atoms. The van der Waals surface area contributed by atoms with Crippen LogP contribution in [0, 0.1) is 5.92 Å². The highest BCUT2D eigenvalue weighted by Gasteiger charge is 2.24. The van der Waals surface area contributed by atoms with Crippen LogP contribution >= 0.6 is 0 Å². The van der Waals surface area contributed by atoms with Crippen molar-refractivity contribution in [1.82, 2.24) is 10.6 Å². The van der Waals surface area contributed by atoms with E-state index in [0.29, 0.717) is 12.7 Å². The van der Waals surface area contributed by atoms with Gasteiger partial charge in [0.1, 0.15) is 24.6 Å². The number of carbonyl (C=O) groups is 3. The molecule has 8 heteroatoms. The third-order valence-electron chi connectivity index (χ3n) is 3.18. The van der Waals surface area contributed by atoms with Gasteiger partial charge in [0.15, 0.2) is 0 Å². The van der Waals surface area contributed by atoms with E-state index in [9.17, 15) is 14.4 Å². The molecule has 3 amide bonds. The number of ether oxygens (including phenoxy) is 1. The zero-order valence-corrected chi connectivity index (χ0v) is 14.2. The number of nitrogens with two attached hydrogens (primary N) is 1. The molecule has 0 fully saturated rings. The van der Waals surface area contributed by atoms with Gasteiger partial charge < -0.3 is 26.2 Å². The molecule has 0 saturated heterocycles. The SMILES string of the molecule is CC(C)C[C@H](NC(=O)OCc1ccccc1)C(=O)N/C(=C/O)C(N)=O. The summed E-state index contributed by atoms with van der Waals surface area (Å²) in [5.41, 5.74) is 5.36. The van der Waals surface area contributed by atoms with Crippen molar-refractivity contribution in [2.75, 3.05) is 0 Å². The molecule has 0 aliphatic heterocycles. The summed E-state index contributed by atoms with van der Waals surface area (Å²) >= 11 is 0. The first-order valence-electron chi connectivity index (χ1n) is 7.75. The molecular weight excluding hydrogens is 326 g/mol. The average Bonchev–Trinajstić information content (AvgIpc) is 2.57. The van der Waals surface area contributed by atoms with Crippen LogP contribution in [0.5, 0.6) is 0 Å². The standard InChI is InChI=1S/C17H23N3O5/c1-11(2)8-13(16(23)19-14(9-21)15(18)22)20-17(24)25-10-12-6-4-3-5-7-12/h3-7,9,11,13,21H,8,10H2,1-2H3,(H2,18,22)(H,19,23)(H,20,24)/b14-9+/t13-/m0/s1. The number of benzene rings is 1. The molecule has 1 rings (SSSR count). The fourth-order valence-corrected chi connectivity index (χ4v) is 1.99. The molecule has 0 bridgehead atoms. The number of aliphatic hydroxyl groups is 1. The number of hydrogen-bond acceptors (Lipinski definition) is 5. The van der Waals surface area contributed by atoms with Gasteiger partial charge in [-0.05, 0) is 17.9 Å². The van der Waals surface area contributed by atoms with Gasteiger partial charge in [-0.1, -0.05) is 44.2 Å². The number of nitrogens with one attached hydrogen (secondary N) is 2. The van der Waals surface area contributed by atoms with Crippen molar-refractivity contribution >= 4 is 17.9 Å². The molecular formula is C17H23N3O5. The lowest BCUT2D eigenvalue weighted by Gasteiger charge is -2.20. The van der Waals surface area contributed by atoms with Gasteiger partial charge in [-0.3, -0.25) is 9.59 Å². The van der Waals surface area contributed by atoms with Gasteiger partial charge in [-0.2, -0.15) is 0 Å². The molecule has 0 spiro atoms. The second kappa shape index (κ2) is 9.96. The predicted molar refractivity (Wildman–Crippen MR) is 91.1 cm³/mol. The van der Waals surface area contributed by atoms with Crippen LogP contribution in [0.1, 0.15) is 25.8 Å². The molecule has 0 saturated carbocycles. The number of primary amides is 1. The minimum absolute atomic E-state index is 0.0613. The van der Waals surface area contributed by atoms with Crippen LogP contribution in [0.3, 0.4) is 0 Å². The zero-order chi connectivity index (χ0) is 18.8. The van der Waals surface area contributed by atoms with E-state index >= 15 is 0 Å². The first kappa shape index (κ1) is 20.0. The number of rotatable bonds is 8. The maximum absolute atomic E-state index is 12.2. The molecule has 1 aromatic rings. The first-order chi connectivity index (χ1) is 11.8. The molecule has 0 aliphatic carbocycles. The number of amides is 3. The van der Waals surface area contributed by atoms with E-state index in [-0.39, 0.29) is 12.5 Å². The summed E-state index contributed by atoms with van der Waals surface area (Å²) in [7, 11) is 0. The van der Waals surface area contributed by atoms with Crippen molar-refractivity contribution in [2.24, 2.45) is 11.7 Å². The van der Waals surface area contributed by atoms with E-state index in [1.54, 1.807) is 12.1 Å². The summed E-state index contributed by atoms with van der Waals surface area (Å²) in [6.45, 7) is 3.80. The van der Waals surface area contributed by atoms with Gasteiger partial charge in [0.05, 0.1) is 0 Å². The topological polar surface area (TPSA) is 131 Å². The highest BCUT2D eigenvalue weighted by Crippen LogP contribution is 2.07. The van der Waals surface area contributed by atoms with E-state index in [0.717, 1.165) is 5.56 Å². The second-order valence-corrected chi connectivity index (χ2v) is 5.78. The van der Waals surface area contributed by atoms with Crippen LogP contribution in [0.2, 0.25) is 0 Å². The maximum atomic E-state index is 12.2. The highest BCUT2D eigenvalue weighted by molar-refractivity contribution is 5.97. The Morgan fingerprint density at radius 2 is 1.88 bits per heavy atom. The van der Waals surface area contributed by atoms with E-state index in [1.165, 1.54) is 0 Å². The minimum atomic E-state index is -0.995. The highest BCUT2D eigenvalue weighted by atomic mass is 16.5. The van der Waals surface area contributed by atoms with Crippen LogP contribution < -0.4 is 16.4 Å². The summed E-state index contributed by atoms with van der Waals surface area (Å²) in [4.78, 5) is 35.2. The van der Waals surface area contributed by atoms with Gasteiger partial charge in [-0.25, -0.2) is 4.79 Å². The van der Waals surface area contributed by atoms with Crippen molar-refractivity contribution < 1.29 is 24.2 Å².